The number of aromatic nitrogens is 1. The van der Waals surface area contributed by atoms with Crippen molar-refractivity contribution in [2.75, 3.05) is 25.0 Å². The third-order valence-electron chi connectivity index (χ3n) is 5.30. The van der Waals surface area contributed by atoms with E-state index >= 15 is 0 Å². The molecule has 1 aromatic carbocycles. The van der Waals surface area contributed by atoms with Gasteiger partial charge in [-0.3, -0.25) is 4.99 Å². The SMILES string of the molecule is CN=C(NCc1ccc(N2CCC(C)CC2)nc1)NCc1ccc(C)c(F)c1.I. The number of hydrogen-bond acceptors (Lipinski definition) is 3. The van der Waals surface area contributed by atoms with Crippen molar-refractivity contribution in [3.8, 4) is 0 Å². The Balaban J connectivity index is 0.00000300. The maximum absolute atomic E-state index is 13.7. The van der Waals surface area contributed by atoms with Gasteiger partial charge in [-0.2, -0.15) is 0 Å². The van der Waals surface area contributed by atoms with Gasteiger partial charge >= 0.3 is 0 Å². The number of hydrogen-bond donors (Lipinski definition) is 2. The first-order valence-corrected chi connectivity index (χ1v) is 9.94. The summed E-state index contributed by atoms with van der Waals surface area (Å²) in [6, 6.07) is 9.47. The molecule has 1 saturated heterocycles. The molecule has 0 amide bonds. The van der Waals surface area contributed by atoms with Crippen LogP contribution in [0.25, 0.3) is 0 Å². The number of nitrogens with zero attached hydrogens (tertiary/aromatic N) is 3. The van der Waals surface area contributed by atoms with Crippen molar-refractivity contribution in [2.45, 2.75) is 39.8 Å². The van der Waals surface area contributed by atoms with Crippen LogP contribution in [0.4, 0.5) is 10.2 Å². The third kappa shape index (κ3) is 6.83. The summed E-state index contributed by atoms with van der Waals surface area (Å²) < 4.78 is 13.7. The molecule has 2 heterocycles. The average Bonchev–Trinajstić information content (AvgIpc) is 2.72. The number of piperidine rings is 1. The van der Waals surface area contributed by atoms with Crippen molar-refractivity contribution in [3.05, 3.63) is 59.0 Å². The van der Waals surface area contributed by atoms with Gasteiger partial charge in [0.2, 0.25) is 0 Å². The van der Waals surface area contributed by atoms with E-state index in [9.17, 15) is 4.39 Å². The normalized spacial score (nSPS) is 15.0. The van der Waals surface area contributed by atoms with Gasteiger partial charge in [-0.05, 0) is 54.5 Å². The van der Waals surface area contributed by atoms with Gasteiger partial charge in [-0.1, -0.05) is 25.1 Å². The van der Waals surface area contributed by atoms with E-state index in [1.807, 2.05) is 12.3 Å². The van der Waals surface area contributed by atoms with Gasteiger partial charge in [0.1, 0.15) is 11.6 Å². The van der Waals surface area contributed by atoms with Crippen LogP contribution in [0.2, 0.25) is 0 Å². The van der Waals surface area contributed by atoms with Crippen LogP contribution in [0, 0.1) is 18.7 Å². The molecule has 2 aromatic rings. The van der Waals surface area contributed by atoms with Crippen LogP contribution in [0.15, 0.2) is 41.5 Å². The highest BCUT2D eigenvalue weighted by Gasteiger charge is 2.16. The summed E-state index contributed by atoms with van der Waals surface area (Å²) in [6.07, 6.45) is 4.39. The highest BCUT2D eigenvalue weighted by atomic mass is 127. The largest absolute Gasteiger partial charge is 0.357 e. The highest BCUT2D eigenvalue weighted by molar-refractivity contribution is 14.0. The standard InChI is InChI=1S/C22H30FN5.HI/c1-16-8-10-28(11-9-16)21-7-6-19(14-25-21)15-27-22(24-3)26-13-18-5-4-17(2)20(23)12-18;/h4-7,12,14,16H,8-11,13,15H2,1-3H3,(H2,24,26,27);1H. The molecule has 7 heteroatoms. The minimum atomic E-state index is -0.184. The van der Waals surface area contributed by atoms with Crippen LogP contribution in [0.5, 0.6) is 0 Å². The van der Waals surface area contributed by atoms with Crippen LogP contribution in [-0.4, -0.2) is 31.1 Å². The Bertz CT molecular complexity index is 801. The Morgan fingerprint density at radius 3 is 2.38 bits per heavy atom. The number of guanidine groups is 1. The molecule has 0 spiro atoms. The molecular weight excluding hydrogens is 480 g/mol. The van der Waals surface area contributed by atoms with Crippen molar-refractivity contribution < 1.29 is 4.39 Å². The van der Waals surface area contributed by atoms with Crippen molar-refractivity contribution in [2.24, 2.45) is 10.9 Å². The molecule has 29 heavy (non-hydrogen) atoms. The first-order chi connectivity index (χ1) is 13.5. The molecule has 0 aliphatic carbocycles. The number of nitrogens with one attached hydrogen (secondary N) is 2. The minimum Gasteiger partial charge on any atom is -0.357 e. The number of pyridine rings is 1. The molecule has 2 N–H and O–H groups in total. The van der Waals surface area contributed by atoms with Crippen molar-refractivity contribution in [3.63, 3.8) is 0 Å². The van der Waals surface area contributed by atoms with Crippen LogP contribution in [-0.2, 0) is 13.1 Å². The zero-order valence-electron chi connectivity index (χ0n) is 17.4. The summed E-state index contributed by atoms with van der Waals surface area (Å²) in [5.74, 6) is 2.36. The Kier molecular flexibility index (Phi) is 9.13. The molecule has 1 aromatic heterocycles. The van der Waals surface area contributed by atoms with Crippen LogP contribution >= 0.6 is 24.0 Å². The monoisotopic (exact) mass is 511 g/mol. The molecule has 1 fully saturated rings. The van der Waals surface area contributed by atoms with Crippen molar-refractivity contribution in [1.82, 2.24) is 15.6 Å². The Hall–Kier alpha value is -1.90. The first-order valence-electron chi connectivity index (χ1n) is 9.94. The summed E-state index contributed by atoms with van der Waals surface area (Å²) in [4.78, 5) is 11.2. The average molecular weight is 511 g/mol. The summed E-state index contributed by atoms with van der Waals surface area (Å²) in [5.41, 5.74) is 2.63. The van der Waals surface area contributed by atoms with E-state index in [1.165, 1.54) is 12.8 Å². The smallest absolute Gasteiger partial charge is 0.191 e. The summed E-state index contributed by atoms with van der Waals surface area (Å²) in [5, 5.41) is 6.49. The molecular formula is C22H31FIN5. The van der Waals surface area contributed by atoms with Gasteiger partial charge in [0.05, 0.1) is 0 Å². The molecule has 5 nitrogen and oxygen atoms in total. The topological polar surface area (TPSA) is 52.6 Å². The number of benzene rings is 1. The molecule has 1 aliphatic rings. The van der Waals surface area contributed by atoms with E-state index in [2.05, 4.69) is 44.6 Å². The van der Waals surface area contributed by atoms with E-state index < -0.39 is 0 Å². The number of halogens is 2. The first kappa shape index (κ1) is 23.4. The van der Waals surface area contributed by atoms with Gasteiger partial charge in [-0.15, -0.1) is 24.0 Å². The van der Waals surface area contributed by atoms with E-state index in [1.54, 1.807) is 26.1 Å². The fourth-order valence-electron chi connectivity index (χ4n) is 3.28. The molecule has 158 valence electrons. The molecule has 0 radical (unpaired) electrons. The fourth-order valence-corrected chi connectivity index (χ4v) is 3.28. The van der Waals surface area contributed by atoms with E-state index in [-0.39, 0.29) is 29.8 Å². The van der Waals surface area contributed by atoms with Gasteiger partial charge in [0.25, 0.3) is 0 Å². The molecule has 0 bridgehead atoms. The zero-order chi connectivity index (χ0) is 19.9. The van der Waals surface area contributed by atoms with Crippen LogP contribution in [0.3, 0.4) is 0 Å². The van der Waals surface area contributed by atoms with E-state index in [0.717, 1.165) is 36.0 Å². The molecule has 0 atom stereocenters. The van der Waals surface area contributed by atoms with Gasteiger partial charge in [-0.25, -0.2) is 9.37 Å². The number of rotatable bonds is 5. The predicted molar refractivity (Wildman–Crippen MR) is 128 cm³/mol. The van der Waals surface area contributed by atoms with Crippen LogP contribution < -0.4 is 15.5 Å². The predicted octanol–water partition coefficient (Wildman–Crippen LogP) is 4.25. The molecule has 1 aliphatic heterocycles. The Morgan fingerprint density at radius 2 is 1.79 bits per heavy atom. The quantitative estimate of drug-likeness (QED) is 0.358. The fraction of sp³-hybridized carbons (Fsp3) is 0.455. The molecule has 0 unspecified atom stereocenters. The maximum atomic E-state index is 13.7. The van der Waals surface area contributed by atoms with Gasteiger partial charge in [0.15, 0.2) is 5.96 Å². The van der Waals surface area contributed by atoms with Gasteiger partial charge in [0, 0.05) is 39.4 Å². The lowest BCUT2D eigenvalue weighted by Crippen LogP contribution is -2.36. The lowest BCUT2D eigenvalue weighted by atomic mass is 9.99. The Labute approximate surface area is 190 Å². The second-order valence-corrected chi connectivity index (χ2v) is 7.56. The second kappa shape index (κ2) is 11.3. The molecule has 3 rings (SSSR count). The van der Waals surface area contributed by atoms with E-state index in [0.29, 0.717) is 24.6 Å². The number of aryl methyl sites for hydroxylation is 1. The van der Waals surface area contributed by atoms with Crippen molar-refractivity contribution in [1.29, 1.82) is 0 Å². The summed E-state index contributed by atoms with van der Waals surface area (Å²) in [7, 11) is 1.73. The summed E-state index contributed by atoms with van der Waals surface area (Å²) >= 11 is 0. The molecule has 0 saturated carbocycles. The maximum Gasteiger partial charge on any atom is 0.191 e. The van der Waals surface area contributed by atoms with E-state index in [4.69, 9.17) is 0 Å². The summed E-state index contributed by atoms with van der Waals surface area (Å²) in [6.45, 7) is 7.39. The number of anilines is 1. The lowest BCUT2D eigenvalue weighted by Gasteiger charge is -2.31. The number of aliphatic imine (C=N–C) groups is 1. The lowest BCUT2D eigenvalue weighted by molar-refractivity contribution is 0.436. The minimum absolute atomic E-state index is 0. The van der Waals surface area contributed by atoms with Crippen molar-refractivity contribution >= 4 is 35.8 Å². The van der Waals surface area contributed by atoms with Crippen LogP contribution in [0.1, 0.15) is 36.5 Å². The third-order valence-corrected chi connectivity index (χ3v) is 5.30. The second-order valence-electron chi connectivity index (χ2n) is 7.56. The highest BCUT2D eigenvalue weighted by Crippen LogP contribution is 2.21. The van der Waals surface area contributed by atoms with Gasteiger partial charge < -0.3 is 15.5 Å². The Morgan fingerprint density at radius 1 is 1.14 bits per heavy atom. The zero-order valence-corrected chi connectivity index (χ0v) is 19.7.